The maximum atomic E-state index is 11.7. The Hall–Kier alpha value is -1.10. The first-order valence-corrected chi connectivity index (χ1v) is 7.03. The molecule has 102 valence electrons. The summed E-state index contributed by atoms with van der Waals surface area (Å²) in [5.41, 5.74) is 0. The lowest BCUT2D eigenvalue weighted by Crippen LogP contribution is -2.39. The second-order valence-electron chi connectivity index (χ2n) is 5.29. The second kappa shape index (κ2) is 6.73. The first-order valence-electron chi connectivity index (χ1n) is 7.03. The van der Waals surface area contributed by atoms with Gasteiger partial charge in [0.15, 0.2) is 0 Å². The van der Waals surface area contributed by atoms with Crippen LogP contribution in [0.5, 0.6) is 0 Å². The van der Waals surface area contributed by atoms with Crippen molar-refractivity contribution in [2.24, 2.45) is 0 Å². The van der Waals surface area contributed by atoms with Gasteiger partial charge in [0.05, 0.1) is 0 Å². The van der Waals surface area contributed by atoms with Gasteiger partial charge >= 0.3 is 0 Å². The van der Waals surface area contributed by atoms with Gasteiger partial charge in [-0.1, -0.05) is 6.42 Å². The van der Waals surface area contributed by atoms with Crippen LogP contribution in [0.2, 0.25) is 0 Å². The Morgan fingerprint density at radius 2 is 2.17 bits per heavy atom. The molecule has 0 saturated carbocycles. The fraction of sp³-hybridized carbons (Fsp3) is 0.846. The summed E-state index contributed by atoms with van der Waals surface area (Å²) in [5, 5.41) is 9.19. The van der Waals surface area contributed by atoms with Crippen molar-refractivity contribution in [1.29, 1.82) is 0 Å². The summed E-state index contributed by atoms with van der Waals surface area (Å²) in [6.07, 6.45) is 6.64. The summed E-state index contributed by atoms with van der Waals surface area (Å²) in [4.78, 5) is 22.7. The van der Waals surface area contributed by atoms with Crippen LogP contribution in [0.1, 0.15) is 44.9 Å². The number of carbonyl (C=O) groups excluding carboxylic acids is 2. The van der Waals surface area contributed by atoms with Gasteiger partial charge in [-0.3, -0.25) is 9.59 Å². The van der Waals surface area contributed by atoms with E-state index in [0.29, 0.717) is 25.4 Å². The number of amides is 2. The molecule has 2 aliphatic heterocycles. The summed E-state index contributed by atoms with van der Waals surface area (Å²) in [5.74, 6) is 0.198. The van der Waals surface area contributed by atoms with Gasteiger partial charge in [0.1, 0.15) is 0 Å². The van der Waals surface area contributed by atoms with Gasteiger partial charge in [0.2, 0.25) is 11.8 Å². The Morgan fingerprint density at radius 1 is 1.28 bits per heavy atom. The Morgan fingerprint density at radius 3 is 2.83 bits per heavy atom. The fourth-order valence-electron chi connectivity index (χ4n) is 2.63. The third-order valence-corrected chi connectivity index (χ3v) is 3.76. The SMILES string of the molecule is O=C(CCC1CCCCN1)NCC1CCC(=O)N1. The molecule has 2 fully saturated rings. The highest BCUT2D eigenvalue weighted by Gasteiger charge is 2.21. The molecule has 2 rings (SSSR count). The average Bonchev–Trinajstić information content (AvgIpc) is 2.81. The molecule has 0 aliphatic carbocycles. The van der Waals surface area contributed by atoms with Crippen LogP contribution in [-0.4, -0.2) is 37.0 Å². The number of piperidine rings is 1. The van der Waals surface area contributed by atoms with Crippen LogP contribution < -0.4 is 16.0 Å². The van der Waals surface area contributed by atoms with Gasteiger partial charge < -0.3 is 16.0 Å². The molecule has 0 spiro atoms. The molecule has 18 heavy (non-hydrogen) atoms. The minimum atomic E-state index is 0.0978. The van der Waals surface area contributed by atoms with Crippen LogP contribution in [0.25, 0.3) is 0 Å². The number of carbonyl (C=O) groups is 2. The zero-order valence-corrected chi connectivity index (χ0v) is 10.8. The third kappa shape index (κ3) is 4.29. The zero-order chi connectivity index (χ0) is 12.8. The molecule has 0 aromatic rings. The van der Waals surface area contributed by atoms with E-state index >= 15 is 0 Å². The predicted molar refractivity (Wildman–Crippen MR) is 69.1 cm³/mol. The number of rotatable bonds is 5. The molecule has 2 aliphatic rings. The van der Waals surface area contributed by atoms with Crippen molar-refractivity contribution in [2.75, 3.05) is 13.1 Å². The van der Waals surface area contributed by atoms with E-state index in [4.69, 9.17) is 0 Å². The standard InChI is InChI=1S/C13H23N3O2/c17-12(6-4-10-3-1-2-8-14-10)15-9-11-5-7-13(18)16-11/h10-11,14H,1-9H2,(H,15,17)(H,16,18). The molecule has 0 bridgehead atoms. The number of nitrogens with one attached hydrogen (secondary N) is 3. The topological polar surface area (TPSA) is 70.2 Å². The van der Waals surface area contributed by atoms with Gasteiger partial charge in [-0.15, -0.1) is 0 Å². The lowest BCUT2D eigenvalue weighted by atomic mass is 10.0. The van der Waals surface area contributed by atoms with E-state index in [9.17, 15) is 9.59 Å². The summed E-state index contributed by atoms with van der Waals surface area (Å²) in [7, 11) is 0. The van der Waals surface area contributed by atoms with E-state index in [1.54, 1.807) is 0 Å². The van der Waals surface area contributed by atoms with Crippen molar-refractivity contribution in [3.05, 3.63) is 0 Å². The molecule has 0 aromatic carbocycles. The highest BCUT2D eigenvalue weighted by molar-refractivity contribution is 5.79. The molecule has 3 N–H and O–H groups in total. The quantitative estimate of drug-likeness (QED) is 0.660. The average molecular weight is 253 g/mol. The Kier molecular flexibility index (Phi) is 4.99. The lowest BCUT2D eigenvalue weighted by molar-refractivity contribution is -0.122. The molecular formula is C13H23N3O2. The van der Waals surface area contributed by atoms with Crippen LogP contribution in [0.4, 0.5) is 0 Å². The molecule has 0 radical (unpaired) electrons. The second-order valence-corrected chi connectivity index (χ2v) is 5.29. The summed E-state index contributed by atoms with van der Waals surface area (Å²) >= 11 is 0. The zero-order valence-electron chi connectivity index (χ0n) is 10.8. The summed E-state index contributed by atoms with van der Waals surface area (Å²) in [6.45, 7) is 1.66. The van der Waals surface area contributed by atoms with E-state index in [2.05, 4.69) is 16.0 Å². The molecular weight excluding hydrogens is 230 g/mol. The van der Waals surface area contributed by atoms with Crippen molar-refractivity contribution < 1.29 is 9.59 Å². The number of hydrogen-bond donors (Lipinski definition) is 3. The van der Waals surface area contributed by atoms with E-state index in [1.807, 2.05) is 0 Å². The molecule has 5 heteroatoms. The van der Waals surface area contributed by atoms with Crippen molar-refractivity contribution in [3.8, 4) is 0 Å². The minimum absolute atomic E-state index is 0.0978. The van der Waals surface area contributed by atoms with Gasteiger partial charge in [-0.2, -0.15) is 0 Å². The van der Waals surface area contributed by atoms with Gasteiger partial charge in [0, 0.05) is 31.5 Å². The van der Waals surface area contributed by atoms with Crippen molar-refractivity contribution in [3.63, 3.8) is 0 Å². The number of hydrogen-bond acceptors (Lipinski definition) is 3. The first-order chi connectivity index (χ1) is 8.74. The van der Waals surface area contributed by atoms with Gasteiger partial charge in [-0.05, 0) is 32.2 Å². The van der Waals surface area contributed by atoms with Gasteiger partial charge in [-0.25, -0.2) is 0 Å². The lowest BCUT2D eigenvalue weighted by Gasteiger charge is -2.23. The van der Waals surface area contributed by atoms with Crippen molar-refractivity contribution >= 4 is 11.8 Å². The van der Waals surface area contributed by atoms with E-state index in [1.165, 1.54) is 19.3 Å². The third-order valence-electron chi connectivity index (χ3n) is 3.76. The molecule has 2 unspecified atom stereocenters. The first kappa shape index (κ1) is 13.3. The highest BCUT2D eigenvalue weighted by Crippen LogP contribution is 2.11. The molecule has 2 heterocycles. The maximum Gasteiger partial charge on any atom is 0.220 e. The van der Waals surface area contributed by atoms with E-state index < -0.39 is 0 Å². The highest BCUT2D eigenvalue weighted by atomic mass is 16.2. The Balaban J connectivity index is 1.55. The van der Waals surface area contributed by atoms with E-state index in [0.717, 1.165) is 19.4 Å². The van der Waals surface area contributed by atoms with Crippen molar-refractivity contribution in [2.45, 2.75) is 57.0 Å². The summed E-state index contributed by atoms with van der Waals surface area (Å²) < 4.78 is 0. The molecule has 2 saturated heterocycles. The van der Waals surface area contributed by atoms with Crippen LogP contribution >= 0.6 is 0 Å². The minimum Gasteiger partial charge on any atom is -0.354 e. The van der Waals surface area contributed by atoms with Crippen LogP contribution in [0.15, 0.2) is 0 Å². The molecule has 2 amide bonds. The van der Waals surface area contributed by atoms with Crippen molar-refractivity contribution in [1.82, 2.24) is 16.0 Å². The molecule has 2 atom stereocenters. The Bertz CT molecular complexity index is 301. The monoisotopic (exact) mass is 253 g/mol. The molecule has 5 nitrogen and oxygen atoms in total. The fourth-order valence-corrected chi connectivity index (χ4v) is 2.63. The largest absolute Gasteiger partial charge is 0.354 e. The smallest absolute Gasteiger partial charge is 0.220 e. The van der Waals surface area contributed by atoms with Crippen LogP contribution in [0, 0.1) is 0 Å². The summed E-state index contributed by atoms with van der Waals surface area (Å²) in [6, 6.07) is 0.643. The predicted octanol–water partition coefficient (Wildman–Crippen LogP) is 0.304. The Labute approximate surface area is 108 Å². The normalized spacial score (nSPS) is 27.9. The maximum absolute atomic E-state index is 11.7. The van der Waals surface area contributed by atoms with Crippen LogP contribution in [0.3, 0.4) is 0 Å². The molecule has 0 aromatic heterocycles. The van der Waals surface area contributed by atoms with Gasteiger partial charge in [0.25, 0.3) is 0 Å². The van der Waals surface area contributed by atoms with E-state index in [-0.39, 0.29) is 17.9 Å². The van der Waals surface area contributed by atoms with Crippen LogP contribution in [-0.2, 0) is 9.59 Å².